The van der Waals surface area contributed by atoms with Crippen LogP contribution in [0.2, 0.25) is 0 Å². The van der Waals surface area contributed by atoms with E-state index in [9.17, 15) is 9.18 Å². The number of dihydropyridines is 1. The lowest BCUT2D eigenvalue weighted by atomic mass is 10.1. The molecular weight excluding hydrogens is 307 g/mol. The van der Waals surface area contributed by atoms with Crippen LogP contribution in [0, 0.1) is 5.82 Å². The molecule has 2 aromatic rings. The molecule has 1 amide bonds. The summed E-state index contributed by atoms with van der Waals surface area (Å²) in [5.74, 6) is -0.540. The number of hydrogen-bond donors (Lipinski definition) is 2. The summed E-state index contributed by atoms with van der Waals surface area (Å²) in [4.78, 5) is 12.4. The average Bonchev–Trinajstić information content (AvgIpc) is 2.62. The Morgan fingerprint density at radius 1 is 1.21 bits per heavy atom. The maximum atomic E-state index is 13.6. The van der Waals surface area contributed by atoms with Crippen LogP contribution in [0.1, 0.15) is 15.9 Å². The SMILES string of the molecule is O=C(NC1=CC=CNC1)c1cc(F)ccc1OCc1ccccc1. The lowest BCUT2D eigenvalue weighted by molar-refractivity contribution is 0.0960. The van der Waals surface area contributed by atoms with Gasteiger partial charge in [0.2, 0.25) is 0 Å². The van der Waals surface area contributed by atoms with Crippen LogP contribution in [0.3, 0.4) is 0 Å². The average molecular weight is 324 g/mol. The number of rotatable bonds is 5. The quantitative estimate of drug-likeness (QED) is 0.888. The van der Waals surface area contributed by atoms with E-state index in [0.717, 1.165) is 5.56 Å². The molecule has 0 saturated carbocycles. The third kappa shape index (κ3) is 4.01. The summed E-state index contributed by atoms with van der Waals surface area (Å²) in [6.45, 7) is 0.817. The lowest BCUT2D eigenvalue weighted by Gasteiger charge is -2.15. The Morgan fingerprint density at radius 2 is 2.04 bits per heavy atom. The van der Waals surface area contributed by atoms with E-state index in [1.165, 1.54) is 18.2 Å². The van der Waals surface area contributed by atoms with Crippen LogP contribution in [0.4, 0.5) is 4.39 Å². The normalized spacial score (nSPS) is 13.0. The third-order valence-electron chi connectivity index (χ3n) is 3.50. The van der Waals surface area contributed by atoms with Crippen molar-refractivity contribution in [1.82, 2.24) is 10.6 Å². The van der Waals surface area contributed by atoms with E-state index in [4.69, 9.17) is 4.74 Å². The van der Waals surface area contributed by atoms with Crippen LogP contribution in [0.15, 0.2) is 72.6 Å². The first-order valence-electron chi connectivity index (χ1n) is 7.59. The Kier molecular flexibility index (Phi) is 4.91. The van der Waals surface area contributed by atoms with E-state index in [-0.39, 0.29) is 5.56 Å². The zero-order chi connectivity index (χ0) is 16.8. The largest absolute Gasteiger partial charge is 0.488 e. The molecule has 0 unspecified atom stereocenters. The predicted octanol–water partition coefficient (Wildman–Crippen LogP) is 3.14. The first-order valence-corrected chi connectivity index (χ1v) is 7.59. The zero-order valence-electron chi connectivity index (χ0n) is 13.0. The standard InChI is InChI=1S/C19H17FN2O2/c20-15-8-9-18(24-13-14-5-2-1-3-6-14)17(11-15)19(23)22-16-7-4-10-21-12-16/h1-11,21H,12-13H2,(H,22,23). The van der Waals surface area contributed by atoms with E-state index in [1.54, 1.807) is 18.4 Å². The molecule has 0 saturated heterocycles. The maximum Gasteiger partial charge on any atom is 0.259 e. The molecule has 1 heterocycles. The lowest BCUT2D eigenvalue weighted by Crippen LogP contribution is -2.29. The molecule has 0 spiro atoms. The highest BCUT2D eigenvalue weighted by molar-refractivity contribution is 5.98. The molecule has 0 aromatic heterocycles. The van der Waals surface area contributed by atoms with Crippen molar-refractivity contribution < 1.29 is 13.9 Å². The van der Waals surface area contributed by atoms with Gasteiger partial charge < -0.3 is 15.4 Å². The van der Waals surface area contributed by atoms with E-state index < -0.39 is 11.7 Å². The molecule has 0 bridgehead atoms. The molecule has 2 aromatic carbocycles. The van der Waals surface area contributed by atoms with Crippen molar-refractivity contribution in [3.63, 3.8) is 0 Å². The van der Waals surface area contributed by atoms with E-state index in [0.29, 0.717) is 24.6 Å². The van der Waals surface area contributed by atoms with Gasteiger partial charge in [0, 0.05) is 5.70 Å². The van der Waals surface area contributed by atoms with Gasteiger partial charge in [0.15, 0.2) is 0 Å². The van der Waals surface area contributed by atoms with Gasteiger partial charge in [-0.1, -0.05) is 30.3 Å². The van der Waals surface area contributed by atoms with Gasteiger partial charge in [-0.05, 0) is 42.1 Å². The summed E-state index contributed by atoms with van der Waals surface area (Å²) in [5.41, 5.74) is 1.85. The summed E-state index contributed by atoms with van der Waals surface area (Å²) in [6.07, 6.45) is 5.36. The monoisotopic (exact) mass is 324 g/mol. The summed E-state index contributed by atoms with van der Waals surface area (Å²) >= 11 is 0. The maximum absolute atomic E-state index is 13.6. The third-order valence-corrected chi connectivity index (χ3v) is 3.50. The van der Waals surface area contributed by atoms with Crippen molar-refractivity contribution in [1.29, 1.82) is 0 Å². The predicted molar refractivity (Wildman–Crippen MR) is 89.9 cm³/mol. The van der Waals surface area contributed by atoms with Gasteiger partial charge in [-0.2, -0.15) is 0 Å². The van der Waals surface area contributed by atoms with Gasteiger partial charge >= 0.3 is 0 Å². The summed E-state index contributed by atoms with van der Waals surface area (Å²) < 4.78 is 19.3. The summed E-state index contributed by atoms with van der Waals surface area (Å²) in [5, 5.41) is 5.76. The first kappa shape index (κ1) is 15.8. The molecule has 0 radical (unpaired) electrons. The number of benzene rings is 2. The fraction of sp³-hybridized carbons (Fsp3) is 0.105. The number of ether oxygens (including phenoxy) is 1. The van der Waals surface area contributed by atoms with Crippen molar-refractivity contribution >= 4 is 5.91 Å². The van der Waals surface area contributed by atoms with Gasteiger partial charge in [-0.15, -0.1) is 0 Å². The highest BCUT2D eigenvalue weighted by atomic mass is 19.1. The van der Waals surface area contributed by atoms with Crippen molar-refractivity contribution in [2.45, 2.75) is 6.61 Å². The number of carbonyl (C=O) groups excluding carboxylic acids is 1. The molecular formula is C19H17FN2O2. The molecule has 3 rings (SSSR count). The van der Waals surface area contributed by atoms with E-state index >= 15 is 0 Å². The van der Waals surface area contributed by atoms with Crippen LogP contribution in [-0.2, 0) is 6.61 Å². The van der Waals surface area contributed by atoms with E-state index in [2.05, 4.69) is 10.6 Å². The second kappa shape index (κ2) is 7.46. The number of halogens is 1. The van der Waals surface area contributed by atoms with Gasteiger partial charge in [0.25, 0.3) is 5.91 Å². The molecule has 0 aliphatic carbocycles. The molecule has 1 aliphatic heterocycles. The zero-order valence-corrected chi connectivity index (χ0v) is 13.0. The van der Waals surface area contributed by atoms with Crippen LogP contribution >= 0.6 is 0 Å². The topological polar surface area (TPSA) is 50.4 Å². The van der Waals surface area contributed by atoms with Crippen molar-refractivity contribution in [2.75, 3.05) is 6.54 Å². The Bertz CT molecular complexity index is 785. The number of nitrogens with one attached hydrogen (secondary N) is 2. The molecule has 1 aliphatic rings. The molecule has 24 heavy (non-hydrogen) atoms. The number of hydrogen-bond acceptors (Lipinski definition) is 3. The number of amides is 1. The first-order chi connectivity index (χ1) is 11.7. The van der Waals surface area contributed by atoms with Crippen molar-refractivity contribution in [2.24, 2.45) is 0 Å². The van der Waals surface area contributed by atoms with Crippen LogP contribution in [0.5, 0.6) is 5.75 Å². The van der Waals surface area contributed by atoms with Crippen LogP contribution in [-0.4, -0.2) is 12.5 Å². The fourth-order valence-corrected chi connectivity index (χ4v) is 2.30. The smallest absolute Gasteiger partial charge is 0.259 e. The molecule has 5 heteroatoms. The Labute approximate surface area is 139 Å². The fourth-order valence-electron chi connectivity index (χ4n) is 2.30. The Hall–Kier alpha value is -3.08. The minimum Gasteiger partial charge on any atom is -0.488 e. The Morgan fingerprint density at radius 3 is 2.79 bits per heavy atom. The second-order valence-corrected chi connectivity index (χ2v) is 5.30. The molecule has 0 atom stereocenters. The molecule has 4 nitrogen and oxygen atoms in total. The van der Waals surface area contributed by atoms with Gasteiger partial charge in [0.05, 0.1) is 12.1 Å². The minimum atomic E-state index is -0.483. The minimum absolute atomic E-state index is 0.168. The molecule has 2 N–H and O–H groups in total. The van der Waals surface area contributed by atoms with E-state index in [1.807, 2.05) is 30.3 Å². The Balaban J connectivity index is 1.76. The molecule has 122 valence electrons. The van der Waals surface area contributed by atoms with Crippen LogP contribution < -0.4 is 15.4 Å². The van der Waals surface area contributed by atoms with Crippen molar-refractivity contribution in [3.8, 4) is 5.75 Å². The summed E-state index contributed by atoms with van der Waals surface area (Å²) in [6, 6.07) is 13.5. The molecule has 0 fully saturated rings. The van der Waals surface area contributed by atoms with Gasteiger partial charge in [0.1, 0.15) is 18.2 Å². The van der Waals surface area contributed by atoms with Crippen molar-refractivity contribution in [3.05, 3.63) is 89.5 Å². The second-order valence-electron chi connectivity index (χ2n) is 5.30. The highest BCUT2D eigenvalue weighted by Gasteiger charge is 2.15. The highest BCUT2D eigenvalue weighted by Crippen LogP contribution is 2.21. The number of allylic oxidation sites excluding steroid dienone is 2. The van der Waals surface area contributed by atoms with Crippen LogP contribution in [0.25, 0.3) is 0 Å². The number of carbonyl (C=O) groups is 1. The summed E-state index contributed by atoms with van der Waals surface area (Å²) in [7, 11) is 0. The van der Waals surface area contributed by atoms with Gasteiger partial charge in [-0.3, -0.25) is 4.79 Å². The van der Waals surface area contributed by atoms with Gasteiger partial charge in [-0.25, -0.2) is 4.39 Å².